The van der Waals surface area contributed by atoms with Gasteiger partial charge in [0.1, 0.15) is 6.04 Å². The lowest BCUT2D eigenvalue weighted by molar-refractivity contribution is -0.137. The van der Waals surface area contributed by atoms with E-state index < -0.39 is 60.4 Å². The van der Waals surface area contributed by atoms with Gasteiger partial charge in [0, 0.05) is 14.9 Å². The summed E-state index contributed by atoms with van der Waals surface area (Å²) in [6, 6.07) is -0.704. The average Bonchev–Trinajstić information content (AvgIpc) is 2.50. The van der Waals surface area contributed by atoms with E-state index in [4.69, 9.17) is 41.1 Å². The largest absolute Gasteiger partial charge is 0.745 e. The zero-order valence-electron chi connectivity index (χ0n) is 12.8. The van der Waals surface area contributed by atoms with Gasteiger partial charge in [-0.3, -0.25) is 4.79 Å². The van der Waals surface area contributed by atoms with Crippen LogP contribution in [0, 0.1) is 5.41 Å². The fraction of sp³-hybridized carbons (Fsp3) is 0.889. The van der Waals surface area contributed by atoms with Crippen LogP contribution < -0.4 is 5.73 Å². The summed E-state index contributed by atoms with van der Waals surface area (Å²) in [5.74, 6) is -0.450. The molecule has 0 rings (SSSR count). The number of carboxylic acids is 1. The Balaban J connectivity index is -0.000000278. The maximum atomic E-state index is 9.95. The molecule has 9 N–H and O–H groups in total. The van der Waals surface area contributed by atoms with E-state index >= 15 is 0 Å². The van der Waals surface area contributed by atoms with Gasteiger partial charge in [-0.05, 0) is 6.26 Å². The maximum absolute atomic E-state index is 9.95. The summed E-state index contributed by atoms with van der Waals surface area (Å²) in [4.78, 5) is 25.3. The van der Waals surface area contributed by atoms with Gasteiger partial charge in [-0.2, -0.15) is 11.8 Å². The molecule has 0 radical (unpaired) electrons. The molecule has 12 nitrogen and oxygen atoms in total. The molecule has 3 atom stereocenters. The molecule has 15 heteroatoms. The van der Waals surface area contributed by atoms with Crippen molar-refractivity contribution in [2.75, 3.05) is 38.4 Å². The lowest BCUT2D eigenvalue weighted by Crippen LogP contribution is -2.37. The summed E-state index contributed by atoms with van der Waals surface area (Å²) in [6.45, 7) is -1.62. The van der Waals surface area contributed by atoms with E-state index in [9.17, 15) is 13.9 Å². The molecule has 0 fully saturated rings. The molecule has 0 spiro atoms. The van der Waals surface area contributed by atoms with Gasteiger partial charge in [0.25, 0.3) is 0 Å². The van der Waals surface area contributed by atoms with E-state index in [1.807, 2.05) is 6.26 Å². The fourth-order valence-corrected chi connectivity index (χ4v) is 1.59. The number of aliphatic hydroxyl groups excluding tert-OH is 4. The van der Waals surface area contributed by atoms with Crippen molar-refractivity contribution in [3.63, 3.8) is 0 Å². The molecule has 0 aliphatic heterocycles. The summed E-state index contributed by atoms with van der Waals surface area (Å²) < 4.78 is 22.2. The van der Waals surface area contributed by atoms with Crippen LogP contribution in [0.1, 0.15) is 0 Å². The highest BCUT2D eigenvalue weighted by atomic mass is 32.2. The topological polar surface area (TPSA) is 228 Å². The summed E-state index contributed by atoms with van der Waals surface area (Å²) in [6.07, 6.45) is 1.82. The second-order valence-corrected chi connectivity index (χ2v) is 6.61. The Bertz CT molecular complexity index is 340. The van der Waals surface area contributed by atoms with Crippen molar-refractivity contribution in [1.82, 2.24) is 0 Å². The van der Waals surface area contributed by atoms with Gasteiger partial charge in [0.05, 0.1) is 31.8 Å². The number of thioether (sulfide) groups is 1. The van der Waals surface area contributed by atoms with Gasteiger partial charge in [0.2, 0.25) is 0 Å². The Kier molecular flexibility index (Phi) is 20.8. The first kappa shape index (κ1) is 28.5. The number of hydrogen-bond donors (Lipinski definition) is 8. The monoisotopic (exact) mass is 415 g/mol. The Labute approximate surface area is 144 Å². The van der Waals surface area contributed by atoms with Gasteiger partial charge < -0.3 is 31.3 Å². The number of carboxylic acid groups (broad SMARTS) is 1. The Morgan fingerprint density at radius 2 is 1.42 bits per heavy atom. The van der Waals surface area contributed by atoms with Crippen molar-refractivity contribution in [3.8, 4) is 0 Å². The lowest BCUT2D eigenvalue weighted by Gasteiger charge is -2.23. The predicted molar refractivity (Wildman–Crippen MR) is 85.5 cm³/mol. The van der Waals surface area contributed by atoms with Crippen LogP contribution in [0.3, 0.4) is 0 Å². The SMILES string of the molecule is CSCC(N)C(=O)O.O=[P+](O)O[P+](=O)O.OCC(CO)(CO)CO. The van der Waals surface area contributed by atoms with Crippen LogP contribution in [0.5, 0.6) is 0 Å². The second-order valence-electron chi connectivity index (χ2n) is 4.09. The minimum atomic E-state index is -2.92. The van der Waals surface area contributed by atoms with Crippen LogP contribution in [0.4, 0.5) is 0 Å². The molecule has 0 saturated carbocycles. The van der Waals surface area contributed by atoms with E-state index in [0.717, 1.165) is 0 Å². The third kappa shape index (κ3) is 18.0. The summed E-state index contributed by atoms with van der Waals surface area (Å²) in [7, 11) is -5.85. The number of carbonyl (C=O) groups is 1. The van der Waals surface area contributed by atoms with Crippen LogP contribution >= 0.6 is 28.3 Å². The first-order chi connectivity index (χ1) is 11.0. The van der Waals surface area contributed by atoms with Crippen molar-refractivity contribution < 1.29 is 53.6 Å². The number of hydrogen-bond acceptors (Lipinski definition) is 10. The molecule has 24 heavy (non-hydrogen) atoms. The molecule has 0 saturated heterocycles. The molecule has 0 aliphatic rings. The third-order valence-electron chi connectivity index (χ3n) is 2.14. The zero-order chi connectivity index (χ0) is 19.8. The van der Waals surface area contributed by atoms with E-state index in [-0.39, 0.29) is 0 Å². The van der Waals surface area contributed by atoms with Crippen molar-refractivity contribution in [2.45, 2.75) is 6.04 Å². The second kappa shape index (κ2) is 17.5. The molecule has 0 aliphatic carbocycles. The molecule has 0 bridgehead atoms. The van der Waals surface area contributed by atoms with Crippen LogP contribution in [0.25, 0.3) is 0 Å². The molecule has 0 aromatic heterocycles. The number of rotatable bonds is 9. The van der Waals surface area contributed by atoms with Crippen LogP contribution in [-0.4, -0.2) is 85.8 Å². The van der Waals surface area contributed by atoms with Crippen molar-refractivity contribution in [3.05, 3.63) is 0 Å². The highest BCUT2D eigenvalue weighted by Gasteiger charge is 2.31. The van der Waals surface area contributed by atoms with Gasteiger partial charge in [-0.1, -0.05) is 0 Å². The summed E-state index contributed by atoms with van der Waals surface area (Å²) in [5.41, 5.74) is 4.00. The van der Waals surface area contributed by atoms with Gasteiger partial charge in [-0.15, -0.1) is 9.79 Å². The first-order valence-electron chi connectivity index (χ1n) is 5.96. The molecule has 3 unspecified atom stereocenters. The average molecular weight is 415 g/mol. The normalized spacial score (nSPS) is 12.8. The number of nitrogens with two attached hydrogens (primary N) is 1. The van der Waals surface area contributed by atoms with E-state index in [0.29, 0.717) is 5.75 Å². The highest BCUT2D eigenvalue weighted by molar-refractivity contribution is 7.98. The predicted octanol–water partition coefficient (Wildman–Crippen LogP) is -1.99. The molecular formula is C9H23NO11P2S+2. The van der Waals surface area contributed by atoms with Crippen molar-refractivity contribution in [1.29, 1.82) is 0 Å². The highest BCUT2D eigenvalue weighted by Crippen LogP contribution is 2.30. The lowest BCUT2D eigenvalue weighted by atomic mass is 9.93. The van der Waals surface area contributed by atoms with E-state index in [2.05, 4.69) is 4.31 Å². The Morgan fingerprint density at radius 1 is 1.08 bits per heavy atom. The molecular weight excluding hydrogens is 392 g/mol. The molecule has 0 aromatic rings. The molecule has 144 valence electrons. The smallest absolute Gasteiger partial charge is 0.480 e. The quantitative estimate of drug-likeness (QED) is 0.191. The van der Waals surface area contributed by atoms with Gasteiger partial charge in [-0.25, -0.2) is 0 Å². The van der Waals surface area contributed by atoms with E-state index in [1.165, 1.54) is 11.8 Å². The van der Waals surface area contributed by atoms with Crippen LogP contribution in [0.15, 0.2) is 0 Å². The van der Waals surface area contributed by atoms with Gasteiger partial charge >= 0.3 is 22.5 Å². The Morgan fingerprint density at radius 3 is 1.46 bits per heavy atom. The Hall–Kier alpha value is -0.300. The zero-order valence-corrected chi connectivity index (χ0v) is 15.4. The number of aliphatic carboxylic acids is 1. The van der Waals surface area contributed by atoms with E-state index in [1.54, 1.807) is 0 Å². The minimum Gasteiger partial charge on any atom is -0.480 e. The maximum Gasteiger partial charge on any atom is 0.745 e. The molecule has 0 aromatic carbocycles. The first-order valence-corrected chi connectivity index (χ1v) is 9.62. The van der Waals surface area contributed by atoms with Crippen molar-refractivity contribution >= 4 is 34.2 Å². The van der Waals surface area contributed by atoms with Crippen LogP contribution in [-0.2, 0) is 18.2 Å². The summed E-state index contributed by atoms with van der Waals surface area (Å²) >= 11 is 1.43. The third-order valence-corrected chi connectivity index (χ3v) is 3.95. The van der Waals surface area contributed by atoms with Gasteiger partial charge in [0.15, 0.2) is 4.31 Å². The molecule has 0 amide bonds. The minimum absolute atomic E-state index is 0.406. The molecule has 0 heterocycles. The van der Waals surface area contributed by atoms with Crippen molar-refractivity contribution in [2.24, 2.45) is 11.1 Å². The number of aliphatic hydroxyl groups is 4. The summed E-state index contributed by atoms with van der Waals surface area (Å²) in [5, 5.41) is 42.2. The fourth-order valence-electron chi connectivity index (χ4n) is 0.611. The van der Waals surface area contributed by atoms with Crippen LogP contribution in [0.2, 0.25) is 0 Å². The standard InChI is InChI=1S/C5H12O4.C4H9NO2S.O5P2/c6-1-5(2-7,3-8)4-9;1-8-2-3(5)4(6)7;1-6(2)5-7(3)4/h6-9H,1-4H2;3H,2,5H2,1H3,(H,6,7);/p+2.